The third-order valence-corrected chi connectivity index (χ3v) is 5.22. The van der Waals surface area contributed by atoms with Gasteiger partial charge in [-0.25, -0.2) is 13.1 Å². The van der Waals surface area contributed by atoms with E-state index in [2.05, 4.69) is 10.0 Å². The van der Waals surface area contributed by atoms with E-state index in [-0.39, 0.29) is 0 Å². The van der Waals surface area contributed by atoms with Gasteiger partial charge in [0.25, 0.3) is 0 Å². The molecule has 5 nitrogen and oxygen atoms in total. The number of piperidine rings is 1. The van der Waals surface area contributed by atoms with Crippen LogP contribution in [0.15, 0.2) is 23.1 Å². The second-order valence-corrected chi connectivity index (χ2v) is 6.93. The molecule has 0 bridgehead atoms. The first-order chi connectivity index (χ1) is 9.53. The zero-order valence-electron chi connectivity index (χ0n) is 12.0. The molecule has 0 saturated carbocycles. The number of aryl methyl sites for hydroxylation is 1. The summed E-state index contributed by atoms with van der Waals surface area (Å²) in [5.74, 6) is 1.04. The number of nitrogens with one attached hydrogen (secondary N) is 2. The van der Waals surface area contributed by atoms with Gasteiger partial charge in [-0.3, -0.25) is 0 Å². The zero-order valence-corrected chi connectivity index (χ0v) is 12.8. The molecule has 1 heterocycles. The first kappa shape index (κ1) is 15.3. The molecule has 0 aliphatic carbocycles. The first-order valence-electron chi connectivity index (χ1n) is 6.88. The van der Waals surface area contributed by atoms with Crippen LogP contribution < -0.4 is 14.8 Å². The molecular formula is C14H22N2O3S. The van der Waals surface area contributed by atoms with E-state index in [1.54, 1.807) is 32.2 Å². The minimum atomic E-state index is -3.45. The van der Waals surface area contributed by atoms with Crippen molar-refractivity contribution in [2.45, 2.75) is 24.7 Å². The summed E-state index contributed by atoms with van der Waals surface area (Å²) in [6, 6.07) is 5.00. The van der Waals surface area contributed by atoms with E-state index in [1.165, 1.54) is 0 Å². The highest BCUT2D eigenvalue weighted by atomic mass is 32.2. The fraction of sp³-hybridized carbons (Fsp3) is 0.571. The highest BCUT2D eigenvalue weighted by Gasteiger charge is 2.20. The number of rotatable bonds is 5. The highest BCUT2D eigenvalue weighted by molar-refractivity contribution is 7.89. The van der Waals surface area contributed by atoms with Gasteiger partial charge in [-0.15, -0.1) is 0 Å². The van der Waals surface area contributed by atoms with E-state index in [4.69, 9.17) is 4.74 Å². The Labute approximate surface area is 120 Å². The van der Waals surface area contributed by atoms with Crippen LogP contribution in [0.2, 0.25) is 0 Å². The molecule has 1 fully saturated rings. The molecule has 0 amide bonds. The third-order valence-electron chi connectivity index (χ3n) is 3.63. The second-order valence-electron chi connectivity index (χ2n) is 5.20. The molecule has 2 N–H and O–H groups in total. The van der Waals surface area contributed by atoms with Gasteiger partial charge in [-0.1, -0.05) is 0 Å². The van der Waals surface area contributed by atoms with Crippen molar-refractivity contribution in [3.63, 3.8) is 0 Å². The van der Waals surface area contributed by atoms with Crippen molar-refractivity contribution >= 4 is 10.0 Å². The van der Waals surface area contributed by atoms with Crippen LogP contribution in [0.25, 0.3) is 0 Å². The van der Waals surface area contributed by atoms with Crippen molar-refractivity contribution in [1.82, 2.24) is 10.0 Å². The predicted molar refractivity (Wildman–Crippen MR) is 78.5 cm³/mol. The Morgan fingerprint density at radius 1 is 1.45 bits per heavy atom. The summed E-state index contributed by atoms with van der Waals surface area (Å²) in [4.78, 5) is 0.321. The lowest BCUT2D eigenvalue weighted by Crippen LogP contribution is -2.38. The quantitative estimate of drug-likeness (QED) is 0.859. The van der Waals surface area contributed by atoms with Crippen molar-refractivity contribution in [2.24, 2.45) is 5.92 Å². The van der Waals surface area contributed by atoms with Crippen molar-refractivity contribution in [2.75, 3.05) is 26.7 Å². The molecule has 1 aromatic carbocycles. The summed E-state index contributed by atoms with van der Waals surface area (Å²) in [5, 5.41) is 3.29. The largest absolute Gasteiger partial charge is 0.497 e. The number of ether oxygens (including phenoxy) is 1. The number of hydrogen-bond donors (Lipinski definition) is 2. The zero-order chi connectivity index (χ0) is 14.6. The number of methoxy groups -OCH3 is 1. The molecule has 1 aromatic rings. The Kier molecular flexibility index (Phi) is 5.01. The maximum Gasteiger partial charge on any atom is 0.240 e. The minimum Gasteiger partial charge on any atom is -0.497 e. The molecule has 0 spiro atoms. The van der Waals surface area contributed by atoms with Crippen LogP contribution in [0.4, 0.5) is 0 Å². The maximum absolute atomic E-state index is 12.3. The molecule has 1 aliphatic heterocycles. The molecule has 2 rings (SSSR count). The Balaban J connectivity index is 2.05. The van der Waals surface area contributed by atoms with E-state index in [9.17, 15) is 8.42 Å². The van der Waals surface area contributed by atoms with Gasteiger partial charge in [-0.05, 0) is 62.5 Å². The van der Waals surface area contributed by atoms with Gasteiger partial charge in [0.1, 0.15) is 5.75 Å². The standard InChI is InChI=1S/C14H22N2O3S/c1-11-8-13(19-2)5-6-14(11)20(17,18)16-10-12-4-3-7-15-9-12/h5-6,8,12,15-16H,3-4,7,9-10H2,1-2H3. The van der Waals surface area contributed by atoms with Crippen LogP contribution in [-0.2, 0) is 10.0 Å². The lowest BCUT2D eigenvalue weighted by atomic mass is 10.0. The van der Waals surface area contributed by atoms with Crippen LogP contribution in [0.1, 0.15) is 18.4 Å². The van der Waals surface area contributed by atoms with Crippen molar-refractivity contribution in [3.8, 4) is 5.75 Å². The Hall–Kier alpha value is -1.11. The molecule has 112 valence electrons. The summed E-state index contributed by atoms with van der Waals surface area (Å²) in [6.45, 7) is 4.17. The van der Waals surface area contributed by atoms with Gasteiger partial charge in [0, 0.05) is 6.54 Å². The molecule has 0 radical (unpaired) electrons. The van der Waals surface area contributed by atoms with Crippen molar-refractivity contribution in [3.05, 3.63) is 23.8 Å². The molecule has 1 atom stereocenters. The Morgan fingerprint density at radius 3 is 2.85 bits per heavy atom. The normalized spacial score (nSPS) is 19.8. The van der Waals surface area contributed by atoms with Crippen LogP contribution in [0, 0.1) is 12.8 Å². The van der Waals surface area contributed by atoms with E-state index in [1.807, 2.05) is 0 Å². The second kappa shape index (κ2) is 6.56. The van der Waals surface area contributed by atoms with Gasteiger partial charge in [0.2, 0.25) is 10.0 Å². The van der Waals surface area contributed by atoms with Crippen LogP contribution >= 0.6 is 0 Å². The van der Waals surface area contributed by atoms with Gasteiger partial charge >= 0.3 is 0 Å². The molecule has 1 unspecified atom stereocenters. The fourth-order valence-corrected chi connectivity index (χ4v) is 3.79. The maximum atomic E-state index is 12.3. The monoisotopic (exact) mass is 298 g/mol. The number of hydrogen-bond acceptors (Lipinski definition) is 4. The average Bonchev–Trinajstić information content (AvgIpc) is 2.46. The van der Waals surface area contributed by atoms with Gasteiger partial charge in [0.05, 0.1) is 12.0 Å². The van der Waals surface area contributed by atoms with Crippen molar-refractivity contribution < 1.29 is 13.2 Å². The topological polar surface area (TPSA) is 67.4 Å². The lowest BCUT2D eigenvalue weighted by Gasteiger charge is -2.23. The summed E-state index contributed by atoms with van der Waals surface area (Å²) in [7, 11) is -1.88. The summed E-state index contributed by atoms with van der Waals surface area (Å²) >= 11 is 0. The minimum absolute atomic E-state index is 0.321. The molecular weight excluding hydrogens is 276 g/mol. The Bertz CT molecular complexity index is 552. The molecule has 1 aliphatic rings. The fourth-order valence-electron chi connectivity index (χ4n) is 2.45. The molecule has 6 heteroatoms. The number of sulfonamides is 1. The SMILES string of the molecule is COc1ccc(S(=O)(=O)NCC2CCCNC2)c(C)c1. The summed E-state index contributed by atoms with van der Waals surface area (Å²) in [5.41, 5.74) is 0.693. The van der Waals surface area contributed by atoms with Crippen LogP contribution in [0.3, 0.4) is 0 Å². The third kappa shape index (κ3) is 3.71. The average molecular weight is 298 g/mol. The van der Waals surface area contributed by atoms with Gasteiger partial charge < -0.3 is 10.1 Å². The van der Waals surface area contributed by atoms with Gasteiger partial charge in [-0.2, -0.15) is 0 Å². The molecule has 1 saturated heterocycles. The van der Waals surface area contributed by atoms with Crippen LogP contribution in [-0.4, -0.2) is 35.2 Å². The first-order valence-corrected chi connectivity index (χ1v) is 8.36. The highest BCUT2D eigenvalue weighted by Crippen LogP contribution is 2.21. The van der Waals surface area contributed by atoms with Gasteiger partial charge in [0.15, 0.2) is 0 Å². The molecule has 20 heavy (non-hydrogen) atoms. The molecule has 0 aromatic heterocycles. The van der Waals surface area contributed by atoms with E-state index < -0.39 is 10.0 Å². The van der Waals surface area contributed by atoms with E-state index >= 15 is 0 Å². The summed E-state index contributed by atoms with van der Waals surface area (Å²) in [6.07, 6.45) is 2.17. The smallest absolute Gasteiger partial charge is 0.240 e. The van der Waals surface area contributed by atoms with Crippen LogP contribution in [0.5, 0.6) is 5.75 Å². The van der Waals surface area contributed by atoms with Crippen molar-refractivity contribution in [1.29, 1.82) is 0 Å². The number of benzene rings is 1. The predicted octanol–water partition coefficient (Wildman–Crippen LogP) is 1.28. The summed E-state index contributed by atoms with van der Waals surface area (Å²) < 4.78 is 32.5. The Morgan fingerprint density at radius 2 is 2.25 bits per heavy atom. The lowest BCUT2D eigenvalue weighted by molar-refractivity contribution is 0.376. The van der Waals surface area contributed by atoms with E-state index in [0.717, 1.165) is 25.9 Å². The van der Waals surface area contributed by atoms with E-state index in [0.29, 0.717) is 28.7 Å².